The number of para-hydroxylation sites is 1. The molecule has 1 aromatic rings. The van der Waals surface area contributed by atoms with E-state index >= 15 is 0 Å². The van der Waals surface area contributed by atoms with Gasteiger partial charge in [-0.2, -0.15) is 0 Å². The number of carbonyl (C=O) groups is 1. The second-order valence-corrected chi connectivity index (χ2v) is 5.84. The lowest BCUT2D eigenvalue weighted by atomic mass is 9.80. The number of hydrogen-bond donors (Lipinski definition) is 1. The summed E-state index contributed by atoms with van der Waals surface area (Å²) in [4.78, 5) is 11.2. The van der Waals surface area contributed by atoms with Crippen LogP contribution in [0.3, 0.4) is 0 Å². The summed E-state index contributed by atoms with van der Waals surface area (Å²) in [7, 11) is 0. The van der Waals surface area contributed by atoms with E-state index in [4.69, 9.17) is 16.3 Å². The van der Waals surface area contributed by atoms with Crippen molar-refractivity contribution in [2.24, 2.45) is 11.8 Å². The lowest BCUT2D eigenvalue weighted by Crippen LogP contribution is -2.29. The van der Waals surface area contributed by atoms with Gasteiger partial charge in [0, 0.05) is 0 Å². The third-order valence-corrected chi connectivity index (χ3v) is 4.33. The van der Waals surface area contributed by atoms with Gasteiger partial charge in [-0.15, -0.1) is 0 Å². The van der Waals surface area contributed by atoms with Gasteiger partial charge in [-0.05, 0) is 43.2 Å². The first-order chi connectivity index (χ1) is 8.99. The van der Waals surface area contributed by atoms with Crippen LogP contribution in [0, 0.1) is 11.8 Å². The molecule has 0 radical (unpaired) electrons. The van der Waals surface area contributed by atoms with E-state index in [2.05, 4.69) is 13.8 Å². The minimum absolute atomic E-state index is 0.0594. The van der Waals surface area contributed by atoms with Crippen LogP contribution in [0.1, 0.15) is 43.5 Å². The maximum absolute atomic E-state index is 11.2. The number of rotatable bonds is 3. The molecule has 0 aromatic heterocycles. The fourth-order valence-corrected chi connectivity index (χ4v) is 2.79. The smallest absolute Gasteiger partial charge is 0.339 e. The van der Waals surface area contributed by atoms with Crippen LogP contribution in [0.25, 0.3) is 0 Å². The van der Waals surface area contributed by atoms with Crippen molar-refractivity contribution in [2.75, 3.05) is 0 Å². The molecule has 3 nitrogen and oxygen atoms in total. The van der Waals surface area contributed by atoms with E-state index in [9.17, 15) is 9.90 Å². The van der Waals surface area contributed by atoms with Gasteiger partial charge in [0.2, 0.25) is 0 Å². The zero-order valence-corrected chi connectivity index (χ0v) is 12.0. The first-order valence-corrected chi connectivity index (χ1v) is 7.05. The average Bonchev–Trinajstić information content (AvgIpc) is 2.36. The summed E-state index contributed by atoms with van der Waals surface area (Å²) in [6.45, 7) is 4.46. The van der Waals surface area contributed by atoms with Crippen molar-refractivity contribution in [2.45, 2.75) is 39.2 Å². The van der Waals surface area contributed by atoms with Crippen LogP contribution in [-0.4, -0.2) is 17.2 Å². The van der Waals surface area contributed by atoms with Crippen molar-refractivity contribution in [3.8, 4) is 5.75 Å². The number of carboxylic acids is 1. The maximum atomic E-state index is 11.2. The molecule has 2 rings (SSSR count). The topological polar surface area (TPSA) is 46.5 Å². The summed E-state index contributed by atoms with van der Waals surface area (Å²) in [5.74, 6) is 0.595. The van der Waals surface area contributed by atoms with Gasteiger partial charge in [-0.3, -0.25) is 0 Å². The third-order valence-electron chi connectivity index (χ3n) is 4.03. The average molecular weight is 283 g/mol. The van der Waals surface area contributed by atoms with Gasteiger partial charge in [0.05, 0.1) is 11.1 Å². The van der Waals surface area contributed by atoms with Crippen molar-refractivity contribution in [3.63, 3.8) is 0 Å². The molecule has 0 saturated heterocycles. The Balaban J connectivity index is 2.17. The van der Waals surface area contributed by atoms with Gasteiger partial charge in [-0.1, -0.05) is 31.5 Å². The summed E-state index contributed by atoms with van der Waals surface area (Å²) < 4.78 is 5.88. The minimum Gasteiger partial charge on any atom is -0.488 e. The Bertz CT molecular complexity index is 472. The lowest BCUT2D eigenvalue weighted by molar-refractivity contribution is 0.0675. The van der Waals surface area contributed by atoms with E-state index in [0.29, 0.717) is 22.6 Å². The van der Waals surface area contributed by atoms with E-state index in [1.54, 1.807) is 12.1 Å². The number of halogens is 1. The molecular weight excluding hydrogens is 264 g/mol. The Morgan fingerprint density at radius 1 is 1.32 bits per heavy atom. The van der Waals surface area contributed by atoms with Gasteiger partial charge < -0.3 is 9.84 Å². The largest absolute Gasteiger partial charge is 0.488 e. The highest BCUT2D eigenvalue weighted by atomic mass is 35.5. The van der Waals surface area contributed by atoms with E-state index < -0.39 is 5.97 Å². The van der Waals surface area contributed by atoms with Gasteiger partial charge in [-0.25, -0.2) is 4.79 Å². The van der Waals surface area contributed by atoms with Crippen molar-refractivity contribution in [3.05, 3.63) is 28.8 Å². The second kappa shape index (κ2) is 5.83. The number of carboxylic acid groups (broad SMARTS) is 1. The molecule has 1 aromatic carbocycles. The normalized spacial score (nSPS) is 27.0. The Labute approximate surface area is 118 Å². The van der Waals surface area contributed by atoms with Gasteiger partial charge in [0.25, 0.3) is 0 Å². The summed E-state index contributed by atoms with van der Waals surface area (Å²) in [5.41, 5.74) is 0.138. The first kappa shape index (κ1) is 14.2. The summed E-state index contributed by atoms with van der Waals surface area (Å²) in [5, 5.41) is 9.54. The highest BCUT2D eigenvalue weighted by Gasteiger charge is 2.27. The molecule has 19 heavy (non-hydrogen) atoms. The fourth-order valence-electron chi connectivity index (χ4n) is 2.57. The van der Waals surface area contributed by atoms with Crippen molar-refractivity contribution < 1.29 is 14.6 Å². The predicted octanol–water partition coefficient (Wildman–Crippen LogP) is 4.24. The summed E-state index contributed by atoms with van der Waals surface area (Å²) >= 11 is 6.07. The Morgan fingerprint density at radius 2 is 2.05 bits per heavy atom. The molecule has 1 aliphatic carbocycles. The van der Waals surface area contributed by atoms with Crippen LogP contribution in [0.2, 0.25) is 5.02 Å². The number of aromatic carboxylic acids is 1. The van der Waals surface area contributed by atoms with Crippen LogP contribution in [-0.2, 0) is 0 Å². The van der Waals surface area contributed by atoms with Crippen molar-refractivity contribution in [1.29, 1.82) is 0 Å². The summed E-state index contributed by atoms with van der Waals surface area (Å²) in [6, 6.07) is 4.82. The van der Waals surface area contributed by atoms with E-state index in [0.717, 1.165) is 19.3 Å². The third kappa shape index (κ3) is 3.21. The van der Waals surface area contributed by atoms with Gasteiger partial charge >= 0.3 is 5.97 Å². The van der Waals surface area contributed by atoms with Crippen LogP contribution >= 0.6 is 11.6 Å². The number of benzene rings is 1. The van der Waals surface area contributed by atoms with Gasteiger partial charge in [0.1, 0.15) is 5.56 Å². The van der Waals surface area contributed by atoms with E-state index in [-0.39, 0.29) is 11.7 Å². The number of hydrogen-bond acceptors (Lipinski definition) is 2. The minimum atomic E-state index is -1.00. The molecule has 0 heterocycles. The van der Waals surface area contributed by atoms with Crippen molar-refractivity contribution >= 4 is 17.6 Å². The predicted molar refractivity (Wildman–Crippen MR) is 75.0 cm³/mol. The highest BCUT2D eigenvalue weighted by molar-refractivity contribution is 6.32. The molecule has 1 saturated carbocycles. The molecule has 1 fully saturated rings. The first-order valence-electron chi connectivity index (χ1n) is 6.67. The zero-order chi connectivity index (χ0) is 14.0. The van der Waals surface area contributed by atoms with E-state index in [1.807, 2.05) is 0 Å². The van der Waals surface area contributed by atoms with E-state index in [1.165, 1.54) is 6.07 Å². The quantitative estimate of drug-likeness (QED) is 0.902. The molecule has 0 bridgehead atoms. The summed E-state index contributed by atoms with van der Waals surface area (Å²) in [6.07, 6.45) is 3.07. The SMILES string of the molecule is CC1CCC(Oc2c(Cl)cccc2C(=O)O)CC1C. The van der Waals surface area contributed by atoms with Crippen LogP contribution in [0.15, 0.2) is 18.2 Å². The molecule has 104 valence electrons. The van der Waals surface area contributed by atoms with Crippen LogP contribution in [0.5, 0.6) is 5.75 Å². The molecule has 1 aliphatic rings. The molecule has 0 amide bonds. The van der Waals surface area contributed by atoms with Crippen LogP contribution < -0.4 is 4.74 Å². The monoisotopic (exact) mass is 282 g/mol. The highest BCUT2D eigenvalue weighted by Crippen LogP contribution is 2.35. The second-order valence-electron chi connectivity index (χ2n) is 5.43. The molecule has 0 aliphatic heterocycles. The molecule has 3 atom stereocenters. The standard InChI is InChI=1S/C15H19ClO3/c1-9-6-7-11(8-10(9)2)19-14-12(15(17)18)4-3-5-13(14)16/h3-5,9-11H,6-8H2,1-2H3,(H,17,18). The lowest BCUT2D eigenvalue weighted by Gasteiger charge is -2.32. The molecular formula is C15H19ClO3. The molecule has 1 N–H and O–H groups in total. The van der Waals surface area contributed by atoms with Crippen LogP contribution in [0.4, 0.5) is 0 Å². The molecule has 0 spiro atoms. The molecule has 4 heteroatoms. The van der Waals surface area contributed by atoms with Crippen molar-refractivity contribution in [1.82, 2.24) is 0 Å². The fraction of sp³-hybridized carbons (Fsp3) is 0.533. The Morgan fingerprint density at radius 3 is 2.68 bits per heavy atom. The Hall–Kier alpha value is -1.22. The Kier molecular flexibility index (Phi) is 4.35. The van der Waals surface area contributed by atoms with Gasteiger partial charge in [0.15, 0.2) is 5.75 Å². The maximum Gasteiger partial charge on any atom is 0.339 e. The zero-order valence-electron chi connectivity index (χ0n) is 11.2. The number of ether oxygens (including phenoxy) is 1. The molecule has 3 unspecified atom stereocenters.